The monoisotopic (exact) mass is 507 g/mol. The number of aliphatic carboxylic acids is 3. The fraction of sp³-hybridized carbons (Fsp3) is 0.400. The van der Waals surface area contributed by atoms with Crippen LogP contribution in [0.15, 0.2) is 48.5 Å². The molecule has 1 aliphatic rings. The molecule has 5 N–H and O–H groups in total. The second-order valence-electron chi connectivity index (χ2n) is 8.24. The lowest BCUT2D eigenvalue weighted by atomic mass is 9.94. The van der Waals surface area contributed by atoms with Crippen molar-refractivity contribution in [3.8, 4) is 5.75 Å². The van der Waals surface area contributed by atoms with Crippen molar-refractivity contribution in [3.05, 3.63) is 65.5 Å². The Morgan fingerprint density at radius 2 is 1.58 bits per heavy atom. The lowest BCUT2D eigenvalue weighted by Gasteiger charge is -2.19. The van der Waals surface area contributed by atoms with Crippen molar-refractivity contribution in [3.63, 3.8) is 0 Å². The number of halogens is 1. The fourth-order valence-corrected chi connectivity index (χ4v) is 3.63. The lowest BCUT2D eigenvalue weighted by molar-refractivity contribution is -0.170. The summed E-state index contributed by atoms with van der Waals surface area (Å²) in [5, 5.41) is 37.4. The summed E-state index contributed by atoms with van der Waals surface area (Å²) in [5.41, 5.74) is -0.413. The molecule has 10 nitrogen and oxygen atoms in total. The van der Waals surface area contributed by atoms with Gasteiger partial charge in [0.25, 0.3) is 0 Å². The van der Waals surface area contributed by atoms with Crippen LogP contribution in [0.2, 0.25) is 0 Å². The molecule has 1 saturated heterocycles. The summed E-state index contributed by atoms with van der Waals surface area (Å²) in [7, 11) is 0. The van der Waals surface area contributed by atoms with Gasteiger partial charge in [0, 0.05) is 18.5 Å². The van der Waals surface area contributed by atoms with Gasteiger partial charge >= 0.3 is 17.9 Å². The highest BCUT2D eigenvalue weighted by Crippen LogP contribution is 2.26. The van der Waals surface area contributed by atoms with E-state index >= 15 is 0 Å². The first kappa shape index (κ1) is 28.7. The smallest absolute Gasteiger partial charge is 0.336 e. The maximum atomic E-state index is 13.1. The Morgan fingerprint density at radius 3 is 2.08 bits per heavy atom. The zero-order chi connectivity index (χ0) is 26.7. The Balaban J connectivity index is 0.000000302. The molecular weight excluding hydrogens is 477 g/mol. The summed E-state index contributed by atoms with van der Waals surface area (Å²) in [6, 6.07) is 15.1. The molecule has 196 valence electrons. The molecule has 0 aromatic heterocycles. The van der Waals surface area contributed by atoms with E-state index in [0.29, 0.717) is 19.8 Å². The lowest BCUT2D eigenvalue weighted by Crippen LogP contribution is -2.42. The molecule has 2 aromatic carbocycles. The molecule has 0 bridgehead atoms. The molecule has 36 heavy (non-hydrogen) atoms. The molecular formula is C25H30FNO9. The van der Waals surface area contributed by atoms with E-state index in [1.165, 1.54) is 17.7 Å². The van der Waals surface area contributed by atoms with Crippen molar-refractivity contribution in [1.29, 1.82) is 0 Å². The maximum Gasteiger partial charge on any atom is 0.336 e. The van der Waals surface area contributed by atoms with Crippen LogP contribution < -0.4 is 10.1 Å². The summed E-state index contributed by atoms with van der Waals surface area (Å²) in [5.74, 6) is -4.07. The highest BCUT2D eigenvalue weighted by molar-refractivity contribution is 5.88. The fourth-order valence-electron chi connectivity index (χ4n) is 3.63. The predicted octanol–water partition coefficient (Wildman–Crippen LogP) is 2.25. The number of carboxylic acid groups (broad SMARTS) is 3. The zero-order valence-corrected chi connectivity index (χ0v) is 19.7. The van der Waals surface area contributed by atoms with Gasteiger partial charge in [-0.1, -0.05) is 24.3 Å². The van der Waals surface area contributed by atoms with Crippen molar-refractivity contribution >= 4 is 17.9 Å². The molecule has 0 amide bonds. The third-order valence-corrected chi connectivity index (χ3v) is 5.47. The molecule has 1 aliphatic heterocycles. The minimum absolute atomic E-state index is 0.202. The standard InChI is InChI=1S/C19H22FNO2.C6H8O7/c1-2-23-17-9-3-14(4-10-17)11-21-19-13-22-12-18(19)15-5-7-16(20)8-6-15;7-3(8)1-6(13,5(11)12)2-4(9)10/h3-10,18-19,21H,2,11-13H2,1H3;13H,1-2H2,(H,7,8)(H,9,10)(H,11,12)/t18-,19+;/m0./s1. The number of benzene rings is 2. The Labute approximate surface area is 207 Å². The first-order valence-corrected chi connectivity index (χ1v) is 11.2. The third kappa shape index (κ3) is 8.91. The van der Waals surface area contributed by atoms with E-state index in [-0.39, 0.29) is 17.8 Å². The van der Waals surface area contributed by atoms with E-state index in [9.17, 15) is 18.8 Å². The van der Waals surface area contributed by atoms with Gasteiger partial charge in [0.15, 0.2) is 5.60 Å². The quantitative estimate of drug-likeness (QED) is 0.305. The van der Waals surface area contributed by atoms with Crippen molar-refractivity contribution in [1.82, 2.24) is 5.32 Å². The van der Waals surface area contributed by atoms with Gasteiger partial charge in [-0.05, 0) is 42.3 Å². The highest BCUT2D eigenvalue weighted by Gasteiger charge is 2.40. The van der Waals surface area contributed by atoms with Crippen LogP contribution in [0.4, 0.5) is 4.39 Å². The van der Waals surface area contributed by atoms with E-state index in [4.69, 9.17) is 29.9 Å². The summed E-state index contributed by atoms with van der Waals surface area (Å²) in [4.78, 5) is 30.5. The minimum Gasteiger partial charge on any atom is -0.494 e. The summed E-state index contributed by atoms with van der Waals surface area (Å²) in [6.45, 7) is 4.78. The van der Waals surface area contributed by atoms with Gasteiger partial charge in [-0.15, -0.1) is 0 Å². The maximum absolute atomic E-state index is 13.1. The van der Waals surface area contributed by atoms with Crippen LogP contribution in [0.5, 0.6) is 5.75 Å². The Hall–Kier alpha value is -3.54. The summed E-state index contributed by atoms with van der Waals surface area (Å²) < 4.78 is 24.1. The van der Waals surface area contributed by atoms with Crippen LogP contribution in [0.25, 0.3) is 0 Å². The van der Waals surface area contributed by atoms with Crippen molar-refractivity contribution in [2.45, 2.75) is 43.9 Å². The first-order chi connectivity index (χ1) is 17.0. The predicted molar refractivity (Wildman–Crippen MR) is 125 cm³/mol. The van der Waals surface area contributed by atoms with Crippen LogP contribution in [-0.4, -0.2) is 69.8 Å². The van der Waals surface area contributed by atoms with Crippen molar-refractivity contribution < 1.29 is 48.7 Å². The molecule has 3 rings (SSSR count). The van der Waals surface area contributed by atoms with Gasteiger partial charge < -0.3 is 35.2 Å². The largest absolute Gasteiger partial charge is 0.494 e. The van der Waals surface area contributed by atoms with Crippen molar-refractivity contribution in [2.24, 2.45) is 0 Å². The number of hydrogen-bond donors (Lipinski definition) is 5. The SMILES string of the molecule is CCOc1ccc(CN[C@@H]2COC[C@H]2c2ccc(F)cc2)cc1.O=C(O)CC(O)(CC(=O)O)C(=O)O. The van der Waals surface area contributed by atoms with E-state index in [0.717, 1.165) is 17.9 Å². The van der Waals surface area contributed by atoms with Crippen LogP contribution in [0.3, 0.4) is 0 Å². The van der Waals surface area contributed by atoms with Crippen LogP contribution in [0, 0.1) is 5.82 Å². The Morgan fingerprint density at radius 1 is 1.00 bits per heavy atom. The average Bonchev–Trinajstić information content (AvgIpc) is 3.27. The van der Waals surface area contributed by atoms with Crippen LogP contribution in [0.1, 0.15) is 36.8 Å². The first-order valence-electron chi connectivity index (χ1n) is 11.2. The number of aliphatic hydroxyl groups is 1. The van der Waals surface area contributed by atoms with E-state index in [1.54, 1.807) is 0 Å². The second-order valence-corrected chi connectivity index (χ2v) is 8.24. The van der Waals surface area contributed by atoms with Crippen LogP contribution in [-0.2, 0) is 25.7 Å². The van der Waals surface area contributed by atoms with Crippen molar-refractivity contribution in [2.75, 3.05) is 19.8 Å². The van der Waals surface area contributed by atoms with Gasteiger partial charge in [-0.3, -0.25) is 9.59 Å². The number of ether oxygens (including phenoxy) is 2. The number of carboxylic acids is 3. The van der Waals surface area contributed by atoms with Gasteiger partial charge in [0.1, 0.15) is 11.6 Å². The molecule has 1 fully saturated rings. The van der Waals surface area contributed by atoms with Gasteiger partial charge in [-0.25, -0.2) is 9.18 Å². The molecule has 0 radical (unpaired) electrons. The topological polar surface area (TPSA) is 163 Å². The summed E-state index contributed by atoms with van der Waals surface area (Å²) >= 11 is 0. The van der Waals surface area contributed by atoms with Gasteiger partial charge in [-0.2, -0.15) is 0 Å². The van der Waals surface area contributed by atoms with E-state index in [2.05, 4.69) is 17.4 Å². The highest BCUT2D eigenvalue weighted by atomic mass is 19.1. The molecule has 2 atom stereocenters. The Bertz CT molecular complexity index is 995. The normalized spacial score (nSPS) is 17.1. The third-order valence-electron chi connectivity index (χ3n) is 5.47. The van der Waals surface area contributed by atoms with E-state index < -0.39 is 36.4 Å². The van der Waals surface area contributed by atoms with Gasteiger partial charge in [0.05, 0.1) is 32.7 Å². The average molecular weight is 508 g/mol. The number of nitrogens with one attached hydrogen (secondary N) is 1. The number of carbonyl (C=O) groups is 3. The molecule has 2 aromatic rings. The molecule has 11 heteroatoms. The number of rotatable bonds is 11. The Kier molecular flexibility index (Phi) is 10.8. The number of hydrogen-bond acceptors (Lipinski definition) is 7. The van der Waals surface area contributed by atoms with Crippen LogP contribution >= 0.6 is 0 Å². The zero-order valence-electron chi connectivity index (χ0n) is 19.7. The molecule has 0 saturated carbocycles. The van der Waals surface area contributed by atoms with Gasteiger partial charge in [0.2, 0.25) is 0 Å². The summed E-state index contributed by atoms with van der Waals surface area (Å²) in [6.07, 6.45) is -2.29. The van der Waals surface area contributed by atoms with E-state index in [1.807, 2.05) is 31.2 Å². The molecule has 1 heterocycles. The second kappa shape index (κ2) is 13.5. The molecule has 0 spiro atoms. The molecule has 0 unspecified atom stereocenters. The minimum atomic E-state index is -2.74. The molecule has 0 aliphatic carbocycles.